The van der Waals surface area contributed by atoms with Crippen LogP contribution >= 0.6 is 0 Å². The predicted molar refractivity (Wildman–Crippen MR) is 105 cm³/mol. The second kappa shape index (κ2) is 6.31. The number of benzene rings is 1. The van der Waals surface area contributed by atoms with Crippen molar-refractivity contribution in [2.45, 2.75) is 52.0 Å². The maximum Gasteiger partial charge on any atom is 0.269 e. The number of hydrogen-bond acceptors (Lipinski definition) is 2. The van der Waals surface area contributed by atoms with Gasteiger partial charge < -0.3 is 10.3 Å². The van der Waals surface area contributed by atoms with E-state index >= 15 is 0 Å². The highest BCUT2D eigenvalue weighted by atomic mass is 16.2. The minimum Gasteiger partial charge on any atom is -0.361 e. The molecule has 2 heterocycles. The third-order valence-electron chi connectivity index (χ3n) is 4.64. The molecule has 0 bridgehead atoms. The first-order valence-corrected chi connectivity index (χ1v) is 8.99. The maximum atomic E-state index is 12.8. The molecule has 1 aromatic carbocycles. The Morgan fingerprint density at radius 2 is 1.88 bits per heavy atom. The van der Waals surface area contributed by atoms with Crippen LogP contribution in [0.5, 0.6) is 0 Å². The van der Waals surface area contributed by atoms with Crippen LogP contribution in [0.3, 0.4) is 0 Å². The highest BCUT2D eigenvalue weighted by molar-refractivity contribution is 5.93. The lowest BCUT2D eigenvalue weighted by Crippen LogP contribution is -2.45. The number of nitrogens with one attached hydrogen (secondary N) is 2. The van der Waals surface area contributed by atoms with Crippen LogP contribution in [0.4, 0.5) is 0 Å². The van der Waals surface area contributed by atoms with Gasteiger partial charge >= 0.3 is 0 Å². The molecule has 3 rings (SSSR count). The van der Waals surface area contributed by atoms with Crippen molar-refractivity contribution in [1.29, 1.82) is 0 Å². The van der Waals surface area contributed by atoms with E-state index in [0.717, 1.165) is 17.6 Å². The number of amides is 1. The van der Waals surface area contributed by atoms with Gasteiger partial charge in [0.05, 0.1) is 5.69 Å². The molecule has 1 amide bonds. The van der Waals surface area contributed by atoms with Crippen LogP contribution in [0.25, 0.3) is 10.9 Å². The molecule has 0 saturated carbocycles. The molecule has 2 aromatic heterocycles. The zero-order chi connectivity index (χ0) is 19.1. The van der Waals surface area contributed by atoms with Gasteiger partial charge in [-0.05, 0) is 38.0 Å². The fourth-order valence-electron chi connectivity index (χ4n) is 3.22. The number of carbonyl (C=O) groups is 1. The standard InChI is InChI=1S/C21H28N4O/c1-20(2,3)18-11-17(25(6)24-18)19(26)23-21(4,5)12-14-13-22-16-10-8-7-9-15(14)16/h7-11,13,22H,12H2,1-6H3,(H,23,26). The maximum absolute atomic E-state index is 12.8. The molecule has 0 radical (unpaired) electrons. The lowest BCUT2D eigenvalue weighted by molar-refractivity contribution is 0.0903. The normalized spacial score (nSPS) is 12.5. The summed E-state index contributed by atoms with van der Waals surface area (Å²) in [5.41, 5.74) is 3.35. The number of nitrogens with zero attached hydrogens (tertiary/aromatic N) is 2. The summed E-state index contributed by atoms with van der Waals surface area (Å²) in [6.07, 6.45) is 2.77. The van der Waals surface area contributed by atoms with Crippen molar-refractivity contribution in [2.75, 3.05) is 0 Å². The number of aryl methyl sites for hydroxylation is 1. The monoisotopic (exact) mass is 352 g/mol. The molecule has 0 atom stereocenters. The van der Waals surface area contributed by atoms with E-state index in [9.17, 15) is 4.79 Å². The molecule has 2 N–H and O–H groups in total. The summed E-state index contributed by atoms with van der Waals surface area (Å²) in [5.74, 6) is -0.0969. The Bertz CT molecular complexity index is 940. The van der Waals surface area contributed by atoms with Crippen LogP contribution in [0.2, 0.25) is 0 Å². The number of hydrogen-bond donors (Lipinski definition) is 2. The number of carbonyl (C=O) groups excluding carboxylic acids is 1. The Morgan fingerprint density at radius 3 is 2.54 bits per heavy atom. The van der Waals surface area contributed by atoms with Crippen LogP contribution in [0.1, 0.15) is 56.4 Å². The third-order valence-corrected chi connectivity index (χ3v) is 4.64. The Hall–Kier alpha value is -2.56. The summed E-state index contributed by atoms with van der Waals surface area (Å²) >= 11 is 0. The van der Waals surface area contributed by atoms with Gasteiger partial charge in [-0.25, -0.2) is 0 Å². The second-order valence-corrected chi connectivity index (χ2v) is 8.66. The van der Waals surface area contributed by atoms with Gasteiger partial charge in [0.2, 0.25) is 0 Å². The molecule has 5 nitrogen and oxygen atoms in total. The first-order chi connectivity index (χ1) is 12.1. The van der Waals surface area contributed by atoms with E-state index in [1.165, 1.54) is 10.9 Å². The number of H-pyrrole nitrogens is 1. The Balaban J connectivity index is 1.79. The molecular weight excluding hydrogens is 324 g/mol. The van der Waals surface area contributed by atoms with Crippen LogP contribution < -0.4 is 5.32 Å². The zero-order valence-electron chi connectivity index (χ0n) is 16.5. The number of fused-ring (bicyclic) bond motifs is 1. The fourth-order valence-corrected chi connectivity index (χ4v) is 3.22. The van der Waals surface area contributed by atoms with E-state index in [-0.39, 0.29) is 16.9 Å². The number of aromatic amines is 1. The van der Waals surface area contributed by atoms with Gasteiger partial charge in [-0.1, -0.05) is 39.0 Å². The first-order valence-electron chi connectivity index (χ1n) is 8.99. The Morgan fingerprint density at radius 1 is 1.19 bits per heavy atom. The number of rotatable bonds is 4. The number of aromatic nitrogens is 3. The van der Waals surface area contributed by atoms with E-state index in [0.29, 0.717) is 5.69 Å². The molecule has 0 aliphatic carbocycles. The smallest absolute Gasteiger partial charge is 0.269 e. The summed E-state index contributed by atoms with van der Waals surface area (Å²) in [6, 6.07) is 10.1. The summed E-state index contributed by atoms with van der Waals surface area (Å²) in [7, 11) is 1.82. The summed E-state index contributed by atoms with van der Waals surface area (Å²) < 4.78 is 1.66. The van der Waals surface area contributed by atoms with Crippen molar-refractivity contribution in [2.24, 2.45) is 7.05 Å². The summed E-state index contributed by atoms with van der Waals surface area (Å²) in [4.78, 5) is 16.1. The number of para-hydroxylation sites is 1. The molecule has 26 heavy (non-hydrogen) atoms. The van der Waals surface area contributed by atoms with Crippen molar-refractivity contribution in [1.82, 2.24) is 20.1 Å². The summed E-state index contributed by atoms with van der Waals surface area (Å²) in [5, 5.41) is 8.87. The van der Waals surface area contributed by atoms with E-state index in [1.54, 1.807) is 4.68 Å². The lowest BCUT2D eigenvalue weighted by Gasteiger charge is -2.26. The first kappa shape index (κ1) is 18.2. The molecule has 3 aromatic rings. The quantitative estimate of drug-likeness (QED) is 0.747. The Kier molecular flexibility index (Phi) is 4.42. The average molecular weight is 352 g/mol. The fraction of sp³-hybridized carbons (Fsp3) is 0.429. The Labute approximate surface area is 154 Å². The van der Waals surface area contributed by atoms with E-state index in [2.05, 4.69) is 48.3 Å². The van der Waals surface area contributed by atoms with Crippen molar-refractivity contribution >= 4 is 16.8 Å². The van der Waals surface area contributed by atoms with Crippen LogP contribution in [0, 0.1) is 0 Å². The largest absolute Gasteiger partial charge is 0.361 e. The van der Waals surface area contributed by atoms with Gasteiger partial charge in [0.1, 0.15) is 5.69 Å². The van der Waals surface area contributed by atoms with Crippen molar-refractivity contribution in [3.05, 3.63) is 53.5 Å². The molecule has 0 unspecified atom stereocenters. The second-order valence-electron chi connectivity index (χ2n) is 8.66. The minimum atomic E-state index is -0.381. The van der Waals surface area contributed by atoms with Gasteiger partial charge in [-0.2, -0.15) is 5.10 Å². The van der Waals surface area contributed by atoms with Crippen molar-refractivity contribution in [3.8, 4) is 0 Å². The SMILES string of the molecule is Cn1nc(C(C)(C)C)cc1C(=O)NC(C)(C)Cc1c[nH]c2ccccc12. The molecular formula is C21H28N4O. The van der Waals surface area contributed by atoms with E-state index in [1.807, 2.05) is 45.3 Å². The van der Waals surface area contributed by atoms with Crippen LogP contribution in [-0.2, 0) is 18.9 Å². The molecule has 0 fully saturated rings. The highest BCUT2D eigenvalue weighted by Gasteiger charge is 2.26. The van der Waals surface area contributed by atoms with Gasteiger partial charge in [0.25, 0.3) is 5.91 Å². The van der Waals surface area contributed by atoms with Crippen LogP contribution in [0.15, 0.2) is 36.5 Å². The lowest BCUT2D eigenvalue weighted by atomic mass is 9.92. The van der Waals surface area contributed by atoms with Gasteiger partial charge in [-0.15, -0.1) is 0 Å². The third kappa shape index (κ3) is 3.66. The van der Waals surface area contributed by atoms with E-state index in [4.69, 9.17) is 0 Å². The van der Waals surface area contributed by atoms with Gasteiger partial charge in [0.15, 0.2) is 0 Å². The predicted octanol–water partition coefficient (Wildman–Crippen LogP) is 3.95. The van der Waals surface area contributed by atoms with Crippen LogP contribution in [-0.4, -0.2) is 26.2 Å². The zero-order valence-corrected chi connectivity index (χ0v) is 16.5. The molecule has 138 valence electrons. The van der Waals surface area contributed by atoms with Gasteiger partial charge in [0, 0.05) is 35.1 Å². The average Bonchev–Trinajstić information content (AvgIpc) is 3.10. The van der Waals surface area contributed by atoms with E-state index < -0.39 is 0 Å². The topological polar surface area (TPSA) is 62.7 Å². The highest BCUT2D eigenvalue weighted by Crippen LogP contribution is 2.24. The van der Waals surface area contributed by atoms with Crippen molar-refractivity contribution in [3.63, 3.8) is 0 Å². The molecule has 0 saturated heterocycles. The molecule has 0 aliphatic heterocycles. The molecule has 0 aliphatic rings. The summed E-state index contributed by atoms with van der Waals surface area (Å²) in [6.45, 7) is 10.4. The molecule has 0 spiro atoms. The van der Waals surface area contributed by atoms with Gasteiger partial charge in [-0.3, -0.25) is 9.48 Å². The van der Waals surface area contributed by atoms with Crippen molar-refractivity contribution < 1.29 is 4.79 Å². The molecule has 5 heteroatoms. The minimum absolute atomic E-state index is 0.0875.